The highest BCUT2D eigenvalue weighted by Crippen LogP contribution is 2.38. The van der Waals surface area contributed by atoms with Crippen molar-refractivity contribution in [1.29, 1.82) is 0 Å². The van der Waals surface area contributed by atoms with E-state index in [1.54, 1.807) is 6.08 Å². The lowest BCUT2D eigenvalue weighted by atomic mass is 10.0. The van der Waals surface area contributed by atoms with Crippen molar-refractivity contribution in [3.05, 3.63) is 87.6 Å². The third-order valence-corrected chi connectivity index (χ3v) is 7.51. The number of anilines is 1. The van der Waals surface area contributed by atoms with E-state index in [9.17, 15) is 28.9 Å². The van der Waals surface area contributed by atoms with E-state index in [-0.39, 0.29) is 40.4 Å². The van der Waals surface area contributed by atoms with Gasteiger partial charge in [-0.05, 0) is 48.0 Å². The molecule has 1 saturated heterocycles. The summed E-state index contributed by atoms with van der Waals surface area (Å²) < 4.78 is 22.5. The SMILES string of the molecule is Nc1nc(/C(=N/Oc2ccc(F)cc2)C(=O)NC2C(=O)N3C(C(=O)OCc4ccc([N+](=O)[O-])cc4)=CCS[C@H]23)ns1. The van der Waals surface area contributed by atoms with Crippen LogP contribution in [-0.4, -0.2) is 59.8 Å². The maximum absolute atomic E-state index is 13.2. The molecule has 17 heteroatoms. The molecule has 1 unspecified atom stereocenters. The zero-order chi connectivity index (χ0) is 29.1. The van der Waals surface area contributed by atoms with Crippen LogP contribution in [0.1, 0.15) is 11.4 Å². The maximum Gasteiger partial charge on any atom is 0.355 e. The van der Waals surface area contributed by atoms with Gasteiger partial charge in [0.2, 0.25) is 11.5 Å². The summed E-state index contributed by atoms with van der Waals surface area (Å²) in [5, 5.41) is 16.7. The monoisotopic (exact) mass is 599 g/mol. The van der Waals surface area contributed by atoms with Crippen LogP contribution in [0.3, 0.4) is 0 Å². The molecular formula is C24H18FN7O7S2. The number of benzene rings is 2. The molecule has 2 aliphatic rings. The molecule has 2 aromatic carbocycles. The zero-order valence-corrected chi connectivity index (χ0v) is 22.3. The normalized spacial score (nSPS) is 18.1. The van der Waals surface area contributed by atoms with Crippen molar-refractivity contribution >= 4 is 57.6 Å². The minimum Gasteiger partial charge on any atom is -0.456 e. The second-order valence-corrected chi connectivity index (χ2v) is 10.3. The number of nitro groups is 1. The van der Waals surface area contributed by atoms with Crippen molar-refractivity contribution in [2.45, 2.75) is 18.0 Å². The van der Waals surface area contributed by atoms with Gasteiger partial charge in [-0.25, -0.2) is 9.18 Å². The molecule has 210 valence electrons. The number of nitrogens with zero attached hydrogens (tertiary/aromatic N) is 5. The molecule has 2 aliphatic heterocycles. The number of carbonyl (C=O) groups excluding carboxylic acids is 3. The molecular weight excluding hydrogens is 581 g/mol. The van der Waals surface area contributed by atoms with Gasteiger partial charge in [0.15, 0.2) is 10.9 Å². The standard InChI is InChI=1S/C24H18FN7O7S2/c25-13-3-7-15(8-4-13)39-29-17(19-28-24(26)41-30-19)20(33)27-18-21(34)31-16(9-10-40-22(18)31)23(35)38-11-12-1-5-14(6-2-12)32(36)37/h1-9,18,22H,10-11H2,(H,27,33)(H2,26,28,30)/b29-17-/t18?,22-/m1/s1. The fourth-order valence-corrected chi connectivity index (χ4v) is 5.41. The van der Waals surface area contributed by atoms with Crippen LogP contribution in [0.15, 0.2) is 65.5 Å². The van der Waals surface area contributed by atoms with Gasteiger partial charge < -0.3 is 20.6 Å². The number of nitrogens with one attached hydrogen (secondary N) is 1. The molecule has 3 N–H and O–H groups in total. The number of halogens is 1. The number of hydrogen-bond acceptors (Lipinski definition) is 13. The summed E-state index contributed by atoms with van der Waals surface area (Å²) in [6.07, 6.45) is 1.54. The van der Waals surface area contributed by atoms with Gasteiger partial charge in [-0.2, -0.15) is 9.36 Å². The van der Waals surface area contributed by atoms with Crippen molar-refractivity contribution in [2.75, 3.05) is 11.5 Å². The Bertz CT molecular complexity index is 1580. The second kappa shape index (κ2) is 11.7. The number of fused-ring (bicyclic) bond motifs is 1. The number of rotatable bonds is 9. The number of amides is 2. The maximum atomic E-state index is 13.2. The fourth-order valence-electron chi connectivity index (χ4n) is 3.78. The summed E-state index contributed by atoms with van der Waals surface area (Å²) in [6, 6.07) is 9.40. The number of carbonyl (C=O) groups is 3. The topological polar surface area (TPSA) is 192 Å². The molecule has 3 aromatic rings. The fraction of sp³-hybridized carbons (Fsp3) is 0.167. The van der Waals surface area contributed by atoms with E-state index in [4.69, 9.17) is 15.3 Å². The predicted octanol–water partition coefficient (Wildman–Crippen LogP) is 1.98. The molecule has 0 bridgehead atoms. The number of nitrogens with two attached hydrogens (primary N) is 1. The number of oxime groups is 1. The first kappa shape index (κ1) is 27.7. The molecule has 41 heavy (non-hydrogen) atoms. The summed E-state index contributed by atoms with van der Waals surface area (Å²) >= 11 is 2.14. The van der Waals surface area contributed by atoms with Crippen LogP contribution >= 0.6 is 23.3 Å². The van der Waals surface area contributed by atoms with Crippen molar-refractivity contribution < 1.29 is 33.3 Å². The quantitative estimate of drug-likeness (QED) is 0.120. The minimum absolute atomic E-state index is 0.0219. The van der Waals surface area contributed by atoms with Crippen LogP contribution in [0, 0.1) is 15.9 Å². The highest BCUT2D eigenvalue weighted by atomic mass is 32.2. The van der Waals surface area contributed by atoms with E-state index in [0.29, 0.717) is 11.3 Å². The number of hydrogen-bond donors (Lipinski definition) is 2. The number of nitro benzene ring substituents is 1. The summed E-state index contributed by atoms with van der Waals surface area (Å²) in [7, 11) is 0. The first-order valence-corrected chi connectivity index (χ1v) is 13.5. The minimum atomic E-state index is -1.01. The van der Waals surface area contributed by atoms with Crippen molar-refractivity contribution in [3.63, 3.8) is 0 Å². The third-order valence-electron chi connectivity index (χ3n) is 5.78. The number of thioether (sulfide) groups is 1. The van der Waals surface area contributed by atoms with Crippen LogP contribution < -0.4 is 15.9 Å². The number of esters is 1. The van der Waals surface area contributed by atoms with Gasteiger partial charge in [0.25, 0.3) is 17.5 Å². The Kier molecular flexibility index (Phi) is 7.88. The molecule has 3 heterocycles. The van der Waals surface area contributed by atoms with Gasteiger partial charge in [-0.3, -0.25) is 24.6 Å². The summed E-state index contributed by atoms with van der Waals surface area (Å²) in [6.45, 7) is -0.161. The lowest BCUT2D eigenvalue weighted by molar-refractivity contribution is -0.384. The van der Waals surface area contributed by atoms with E-state index in [1.807, 2.05) is 0 Å². The molecule has 0 radical (unpaired) electrons. The summed E-state index contributed by atoms with van der Waals surface area (Å²) in [5.74, 6) is -2.28. The highest BCUT2D eigenvalue weighted by Gasteiger charge is 2.53. The Morgan fingerprint density at radius 1 is 1.22 bits per heavy atom. The average molecular weight is 600 g/mol. The number of aromatic nitrogens is 2. The van der Waals surface area contributed by atoms with Crippen LogP contribution in [-0.2, 0) is 25.7 Å². The lowest BCUT2D eigenvalue weighted by Gasteiger charge is -2.48. The number of β-lactam (4-membered cyclic amide) rings is 1. The zero-order valence-electron chi connectivity index (χ0n) is 20.6. The first-order chi connectivity index (χ1) is 19.7. The Morgan fingerprint density at radius 2 is 1.95 bits per heavy atom. The van der Waals surface area contributed by atoms with Gasteiger partial charge in [0, 0.05) is 29.4 Å². The smallest absolute Gasteiger partial charge is 0.355 e. The van der Waals surface area contributed by atoms with Gasteiger partial charge in [0.05, 0.1) is 4.92 Å². The number of non-ortho nitro benzene ring substituents is 1. The molecule has 5 rings (SSSR count). The average Bonchev–Trinajstić information content (AvgIpc) is 3.40. The Morgan fingerprint density at radius 3 is 2.61 bits per heavy atom. The molecule has 1 fully saturated rings. The molecule has 0 spiro atoms. The van der Waals surface area contributed by atoms with E-state index in [2.05, 4.69) is 19.8 Å². The second-order valence-electron chi connectivity index (χ2n) is 8.41. The molecule has 1 aromatic heterocycles. The largest absolute Gasteiger partial charge is 0.456 e. The van der Waals surface area contributed by atoms with E-state index in [1.165, 1.54) is 53.1 Å². The predicted molar refractivity (Wildman–Crippen MR) is 144 cm³/mol. The molecule has 0 saturated carbocycles. The summed E-state index contributed by atoms with van der Waals surface area (Å²) in [4.78, 5) is 59.7. The van der Waals surface area contributed by atoms with E-state index < -0.39 is 39.9 Å². The van der Waals surface area contributed by atoms with Crippen LogP contribution in [0.25, 0.3) is 0 Å². The number of nitrogen functional groups attached to an aromatic ring is 1. The highest BCUT2D eigenvalue weighted by molar-refractivity contribution is 8.00. The van der Waals surface area contributed by atoms with Gasteiger partial charge in [-0.1, -0.05) is 5.16 Å². The van der Waals surface area contributed by atoms with E-state index >= 15 is 0 Å². The lowest BCUT2D eigenvalue weighted by Crippen LogP contribution is -2.70. The molecule has 2 atom stereocenters. The van der Waals surface area contributed by atoms with Crippen molar-refractivity contribution in [2.24, 2.45) is 5.16 Å². The van der Waals surface area contributed by atoms with Gasteiger partial charge in [0.1, 0.15) is 29.5 Å². The molecule has 14 nitrogen and oxygen atoms in total. The first-order valence-electron chi connectivity index (χ1n) is 11.7. The molecule has 2 amide bonds. The van der Waals surface area contributed by atoms with Gasteiger partial charge in [-0.15, -0.1) is 11.8 Å². The Balaban J connectivity index is 1.24. The number of ether oxygens (including phenoxy) is 1. The van der Waals surface area contributed by atoms with Gasteiger partial charge >= 0.3 is 5.97 Å². The van der Waals surface area contributed by atoms with Crippen LogP contribution in [0.2, 0.25) is 0 Å². The Labute approximate surface area is 238 Å². The van der Waals surface area contributed by atoms with Crippen LogP contribution in [0.5, 0.6) is 5.75 Å². The Hall–Kier alpha value is -4.90. The summed E-state index contributed by atoms with van der Waals surface area (Å²) in [5.41, 5.74) is 5.73. The van der Waals surface area contributed by atoms with Crippen molar-refractivity contribution in [1.82, 2.24) is 19.6 Å². The molecule has 0 aliphatic carbocycles. The van der Waals surface area contributed by atoms with E-state index in [0.717, 1.165) is 23.7 Å². The van der Waals surface area contributed by atoms with Crippen molar-refractivity contribution in [3.8, 4) is 5.75 Å². The third kappa shape index (κ3) is 5.99. The van der Waals surface area contributed by atoms with Crippen LogP contribution in [0.4, 0.5) is 15.2 Å².